The summed E-state index contributed by atoms with van der Waals surface area (Å²) >= 11 is 0. The molecular weight excluding hydrogens is 253 g/mol. The van der Waals surface area contributed by atoms with Gasteiger partial charge in [0, 0.05) is 10.9 Å². The molecule has 2 aromatic carbocycles. The van der Waals surface area contributed by atoms with E-state index in [2.05, 4.69) is 9.97 Å². The molecule has 0 bridgehead atoms. The van der Waals surface area contributed by atoms with E-state index in [1.165, 1.54) is 12.1 Å². The topological polar surface area (TPSA) is 51.8 Å². The molecule has 0 aliphatic rings. The molecule has 0 aliphatic carbocycles. The van der Waals surface area contributed by atoms with E-state index in [-0.39, 0.29) is 5.82 Å². The summed E-state index contributed by atoms with van der Waals surface area (Å²) in [5.41, 5.74) is 9.47. The number of hydrogen-bond donors (Lipinski definition) is 1. The van der Waals surface area contributed by atoms with Gasteiger partial charge in [0.15, 0.2) is 5.82 Å². The van der Waals surface area contributed by atoms with Crippen LogP contribution in [-0.2, 0) is 0 Å². The Balaban J connectivity index is 2.29. The zero-order valence-electron chi connectivity index (χ0n) is 11.3. The lowest BCUT2D eigenvalue weighted by atomic mass is 10.1. The fourth-order valence-corrected chi connectivity index (χ4v) is 2.32. The summed E-state index contributed by atoms with van der Waals surface area (Å²) in [5.74, 6) is 0.704. The predicted octanol–water partition coefficient (Wildman–Crippen LogP) is 3.63. The van der Waals surface area contributed by atoms with E-state index in [0.717, 1.165) is 27.6 Å². The second kappa shape index (κ2) is 4.56. The van der Waals surface area contributed by atoms with E-state index >= 15 is 0 Å². The summed E-state index contributed by atoms with van der Waals surface area (Å²) in [6.07, 6.45) is 0. The minimum absolute atomic E-state index is 0.267. The number of aryl methyl sites for hydroxylation is 2. The standard InChI is InChI=1S/C16H14FN3/c1-9-4-3-5-13-14(9)19-16(20-15(13)18)12-7-6-11(17)8-10(12)2/h3-8H,1-2H3,(H2,18,19,20). The maximum Gasteiger partial charge on any atom is 0.162 e. The van der Waals surface area contributed by atoms with Crippen LogP contribution in [0.4, 0.5) is 10.2 Å². The van der Waals surface area contributed by atoms with Crippen molar-refractivity contribution in [2.24, 2.45) is 0 Å². The largest absolute Gasteiger partial charge is 0.383 e. The van der Waals surface area contributed by atoms with Crippen LogP contribution < -0.4 is 5.73 Å². The maximum absolute atomic E-state index is 13.2. The first-order chi connectivity index (χ1) is 9.56. The molecule has 3 rings (SSSR count). The van der Waals surface area contributed by atoms with Gasteiger partial charge in [-0.1, -0.05) is 12.1 Å². The number of halogens is 1. The van der Waals surface area contributed by atoms with Crippen LogP contribution in [0.15, 0.2) is 36.4 Å². The Bertz CT molecular complexity index is 812. The smallest absolute Gasteiger partial charge is 0.162 e. The molecule has 3 nitrogen and oxygen atoms in total. The van der Waals surface area contributed by atoms with Gasteiger partial charge < -0.3 is 5.73 Å². The maximum atomic E-state index is 13.2. The van der Waals surface area contributed by atoms with Gasteiger partial charge in [-0.05, 0) is 49.2 Å². The molecule has 0 amide bonds. The molecule has 2 N–H and O–H groups in total. The number of fused-ring (bicyclic) bond motifs is 1. The fourth-order valence-electron chi connectivity index (χ4n) is 2.32. The van der Waals surface area contributed by atoms with Crippen LogP contribution in [0.2, 0.25) is 0 Å². The molecule has 0 atom stereocenters. The van der Waals surface area contributed by atoms with Crippen molar-refractivity contribution in [2.45, 2.75) is 13.8 Å². The second-order valence-electron chi connectivity index (χ2n) is 4.86. The number of nitrogens with two attached hydrogens (primary N) is 1. The molecule has 4 heteroatoms. The van der Waals surface area contributed by atoms with E-state index < -0.39 is 0 Å². The van der Waals surface area contributed by atoms with Crippen LogP contribution in [-0.4, -0.2) is 9.97 Å². The molecule has 20 heavy (non-hydrogen) atoms. The van der Waals surface area contributed by atoms with Gasteiger partial charge >= 0.3 is 0 Å². The Labute approximate surface area is 116 Å². The number of hydrogen-bond acceptors (Lipinski definition) is 3. The first-order valence-electron chi connectivity index (χ1n) is 6.35. The lowest BCUT2D eigenvalue weighted by molar-refractivity contribution is 0.627. The number of anilines is 1. The highest BCUT2D eigenvalue weighted by atomic mass is 19.1. The zero-order valence-corrected chi connectivity index (χ0v) is 11.3. The summed E-state index contributed by atoms with van der Waals surface area (Å²) in [5, 5.41) is 0.841. The van der Waals surface area contributed by atoms with Gasteiger partial charge in [-0.15, -0.1) is 0 Å². The molecule has 0 spiro atoms. The molecule has 0 saturated heterocycles. The van der Waals surface area contributed by atoms with Crippen LogP contribution in [0.5, 0.6) is 0 Å². The van der Waals surface area contributed by atoms with Gasteiger partial charge in [-0.3, -0.25) is 0 Å². The first kappa shape index (κ1) is 12.5. The molecular formula is C16H14FN3. The average Bonchev–Trinajstić information content (AvgIpc) is 2.40. The monoisotopic (exact) mass is 267 g/mol. The lowest BCUT2D eigenvalue weighted by Gasteiger charge is -2.09. The van der Waals surface area contributed by atoms with Crippen LogP contribution in [0.25, 0.3) is 22.3 Å². The lowest BCUT2D eigenvalue weighted by Crippen LogP contribution is -2.00. The van der Waals surface area contributed by atoms with Crippen molar-refractivity contribution in [3.8, 4) is 11.4 Å². The highest BCUT2D eigenvalue weighted by Gasteiger charge is 2.11. The van der Waals surface area contributed by atoms with Crippen molar-refractivity contribution < 1.29 is 4.39 Å². The molecule has 0 saturated carbocycles. The Hall–Kier alpha value is -2.49. The van der Waals surface area contributed by atoms with Gasteiger partial charge in [-0.2, -0.15) is 0 Å². The van der Waals surface area contributed by atoms with Gasteiger partial charge in [0.1, 0.15) is 11.6 Å². The number of rotatable bonds is 1. The second-order valence-corrected chi connectivity index (χ2v) is 4.86. The number of para-hydroxylation sites is 1. The molecule has 100 valence electrons. The molecule has 1 heterocycles. The minimum Gasteiger partial charge on any atom is -0.383 e. The Morgan fingerprint density at radius 1 is 1.00 bits per heavy atom. The summed E-state index contributed by atoms with van der Waals surface area (Å²) in [4.78, 5) is 8.93. The van der Waals surface area contributed by atoms with E-state index in [9.17, 15) is 4.39 Å². The number of benzene rings is 2. The van der Waals surface area contributed by atoms with Crippen LogP contribution in [0.3, 0.4) is 0 Å². The average molecular weight is 267 g/mol. The molecule has 1 aromatic heterocycles. The highest BCUT2D eigenvalue weighted by Crippen LogP contribution is 2.27. The first-order valence-corrected chi connectivity index (χ1v) is 6.35. The molecule has 0 unspecified atom stereocenters. The van der Waals surface area contributed by atoms with Crippen molar-refractivity contribution in [2.75, 3.05) is 5.73 Å². The van der Waals surface area contributed by atoms with Crippen LogP contribution >= 0.6 is 0 Å². The third-order valence-corrected chi connectivity index (χ3v) is 3.39. The Morgan fingerprint density at radius 2 is 1.80 bits per heavy atom. The Morgan fingerprint density at radius 3 is 2.55 bits per heavy atom. The third-order valence-electron chi connectivity index (χ3n) is 3.39. The highest BCUT2D eigenvalue weighted by molar-refractivity contribution is 5.91. The van der Waals surface area contributed by atoms with E-state index in [0.29, 0.717) is 11.6 Å². The number of nitrogen functional groups attached to an aromatic ring is 1. The van der Waals surface area contributed by atoms with Gasteiger partial charge in [0.25, 0.3) is 0 Å². The van der Waals surface area contributed by atoms with Crippen molar-refractivity contribution in [3.63, 3.8) is 0 Å². The molecule has 3 aromatic rings. The van der Waals surface area contributed by atoms with Crippen LogP contribution in [0, 0.1) is 19.7 Å². The van der Waals surface area contributed by atoms with Crippen molar-refractivity contribution in [1.29, 1.82) is 0 Å². The Kier molecular flexibility index (Phi) is 2.86. The fraction of sp³-hybridized carbons (Fsp3) is 0.125. The summed E-state index contributed by atoms with van der Waals surface area (Å²) in [6, 6.07) is 10.4. The predicted molar refractivity (Wildman–Crippen MR) is 78.8 cm³/mol. The number of nitrogens with zero attached hydrogens (tertiary/aromatic N) is 2. The molecule has 0 radical (unpaired) electrons. The van der Waals surface area contributed by atoms with Crippen molar-refractivity contribution in [1.82, 2.24) is 9.97 Å². The van der Waals surface area contributed by atoms with Crippen molar-refractivity contribution in [3.05, 3.63) is 53.3 Å². The van der Waals surface area contributed by atoms with E-state index in [1.54, 1.807) is 6.07 Å². The zero-order chi connectivity index (χ0) is 14.3. The number of aromatic nitrogens is 2. The molecule has 0 aliphatic heterocycles. The van der Waals surface area contributed by atoms with E-state index in [1.807, 2.05) is 32.0 Å². The normalized spacial score (nSPS) is 10.9. The van der Waals surface area contributed by atoms with E-state index in [4.69, 9.17) is 5.73 Å². The summed E-state index contributed by atoms with van der Waals surface area (Å²) in [6.45, 7) is 3.82. The minimum atomic E-state index is -0.267. The quantitative estimate of drug-likeness (QED) is 0.732. The van der Waals surface area contributed by atoms with Gasteiger partial charge in [0.05, 0.1) is 5.52 Å². The summed E-state index contributed by atoms with van der Waals surface area (Å²) < 4.78 is 13.2. The van der Waals surface area contributed by atoms with Crippen LogP contribution in [0.1, 0.15) is 11.1 Å². The molecule has 0 fully saturated rings. The van der Waals surface area contributed by atoms with Gasteiger partial charge in [0.2, 0.25) is 0 Å². The SMILES string of the molecule is Cc1cc(F)ccc1-c1nc(N)c2cccc(C)c2n1. The van der Waals surface area contributed by atoms with Crippen molar-refractivity contribution >= 4 is 16.7 Å². The summed E-state index contributed by atoms with van der Waals surface area (Å²) in [7, 11) is 0. The van der Waals surface area contributed by atoms with Gasteiger partial charge in [-0.25, -0.2) is 14.4 Å². The third kappa shape index (κ3) is 1.99.